The van der Waals surface area contributed by atoms with Gasteiger partial charge in [0.2, 0.25) is 5.95 Å². The number of terminal acetylenes is 1. The summed E-state index contributed by atoms with van der Waals surface area (Å²) in [6, 6.07) is 10.9. The molecule has 0 radical (unpaired) electrons. The lowest BCUT2D eigenvalue weighted by Crippen LogP contribution is -2.29. The smallest absolute Gasteiger partial charge is 0.252 e. The second-order valence-corrected chi connectivity index (χ2v) is 7.65. The van der Waals surface area contributed by atoms with E-state index in [1.54, 1.807) is 29.5 Å². The van der Waals surface area contributed by atoms with Crippen LogP contribution in [0.15, 0.2) is 64.6 Å². The molecule has 2 heterocycles. The number of H-pyrrole nitrogens is 1. The van der Waals surface area contributed by atoms with Gasteiger partial charge in [0.05, 0.1) is 5.69 Å². The van der Waals surface area contributed by atoms with E-state index in [-0.39, 0.29) is 11.3 Å². The van der Waals surface area contributed by atoms with Gasteiger partial charge in [0.1, 0.15) is 5.75 Å². The fourth-order valence-corrected chi connectivity index (χ4v) is 3.58. The molecule has 0 fully saturated rings. The summed E-state index contributed by atoms with van der Waals surface area (Å²) >= 11 is 1.64. The summed E-state index contributed by atoms with van der Waals surface area (Å²) in [5.41, 5.74) is 2.95. The predicted octanol–water partition coefficient (Wildman–Crippen LogP) is 3.84. The maximum absolute atomic E-state index is 12.1. The Morgan fingerprint density at radius 3 is 2.50 bits per heavy atom. The molecule has 3 rings (SSSR count). The lowest BCUT2D eigenvalue weighted by Gasteiger charge is -2.22. The molecule has 0 atom stereocenters. The Balaban J connectivity index is 0.000000944. The molecule has 1 aromatic carbocycles. The Kier molecular flexibility index (Phi) is 12.9. The summed E-state index contributed by atoms with van der Waals surface area (Å²) in [6.45, 7) is 5.18. The van der Waals surface area contributed by atoms with Gasteiger partial charge in [-0.3, -0.25) is 9.78 Å². The van der Waals surface area contributed by atoms with Crippen molar-refractivity contribution >= 4 is 17.3 Å². The van der Waals surface area contributed by atoms with Crippen LogP contribution in [-0.2, 0) is 12.8 Å². The maximum Gasteiger partial charge on any atom is 0.252 e. The van der Waals surface area contributed by atoms with Gasteiger partial charge in [-0.25, -0.2) is 4.98 Å². The van der Waals surface area contributed by atoms with Gasteiger partial charge in [0.25, 0.3) is 5.56 Å². The number of aromatic nitrogens is 2. The molecule has 3 N–H and O–H groups in total. The van der Waals surface area contributed by atoms with Gasteiger partial charge in [0.15, 0.2) is 0 Å². The molecule has 0 bridgehead atoms. The number of nitrogens with one attached hydrogen (secondary N) is 2. The maximum atomic E-state index is 12.1. The summed E-state index contributed by atoms with van der Waals surface area (Å²) in [7, 11) is 3.75. The fraction of sp³-hybridized carbons (Fsp3) is 0.280. The van der Waals surface area contributed by atoms with Crippen molar-refractivity contribution in [2.75, 3.05) is 32.1 Å². The molecule has 0 aliphatic heterocycles. The van der Waals surface area contributed by atoms with Crippen LogP contribution in [0.1, 0.15) is 23.2 Å². The molecule has 7 heteroatoms. The lowest BCUT2D eigenvalue weighted by atomic mass is 10.1. The van der Waals surface area contributed by atoms with E-state index >= 15 is 0 Å². The van der Waals surface area contributed by atoms with E-state index in [1.165, 1.54) is 5.56 Å². The summed E-state index contributed by atoms with van der Waals surface area (Å²) in [5.74, 6) is 0.856. The van der Waals surface area contributed by atoms with Crippen molar-refractivity contribution in [1.82, 2.24) is 15.3 Å². The van der Waals surface area contributed by atoms with Crippen LogP contribution in [0.4, 0.5) is 5.95 Å². The van der Waals surface area contributed by atoms with Gasteiger partial charge >= 0.3 is 0 Å². The molecule has 2 aromatic heterocycles. The summed E-state index contributed by atoms with van der Waals surface area (Å²) in [4.78, 5) is 21.6. The molecule has 0 spiro atoms. The minimum absolute atomic E-state index is 0.141. The summed E-state index contributed by atoms with van der Waals surface area (Å²) < 4.78 is 0. The molecule has 0 amide bonds. The van der Waals surface area contributed by atoms with E-state index in [4.69, 9.17) is 0 Å². The van der Waals surface area contributed by atoms with Crippen LogP contribution < -0.4 is 15.8 Å². The average Bonchev–Trinajstić information content (AvgIpc) is 3.29. The van der Waals surface area contributed by atoms with Crippen molar-refractivity contribution in [3.63, 3.8) is 0 Å². The van der Waals surface area contributed by atoms with Crippen molar-refractivity contribution in [3.8, 4) is 18.6 Å². The molecule has 3 aromatic rings. The Morgan fingerprint density at radius 2 is 1.91 bits per heavy atom. The third-order valence-electron chi connectivity index (χ3n) is 4.23. The molecule has 0 aliphatic rings. The van der Waals surface area contributed by atoms with Crippen LogP contribution in [0.5, 0.6) is 5.75 Å². The van der Waals surface area contributed by atoms with Gasteiger partial charge in [-0.2, -0.15) is 11.3 Å². The molecular formula is C25H32N4O2S. The lowest BCUT2D eigenvalue weighted by molar-refractivity contribution is 0.475. The topological polar surface area (TPSA) is 81.2 Å². The third kappa shape index (κ3) is 9.65. The SMILES string of the molecule is C#C.C=CCN(CCCc1ccc(O)cc1)c1nc(Cc2ccsc2)cc(=O)[nH]1.CNC. The number of rotatable bonds is 9. The monoisotopic (exact) mass is 452 g/mol. The van der Waals surface area contributed by atoms with Crippen LogP contribution in [-0.4, -0.2) is 42.3 Å². The first-order valence-electron chi connectivity index (χ1n) is 10.2. The van der Waals surface area contributed by atoms with Crippen LogP contribution in [0.3, 0.4) is 0 Å². The Hall–Kier alpha value is -3.34. The number of nitrogens with zero attached hydrogens (tertiary/aromatic N) is 2. The van der Waals surface area contributed by atoms with Crippen LogP contribution in [0.25, 0.3) is 0 Å². The summed E-state index contributed by atoms with van der Waals surface area (Å²) in [5, 5.41) is 16.2. The normalized spacial score (nSPS) is 9.62. The first kappa shape index (κ1) is 26.7. The van der Waals surface area contributed by atoms with Crippen molar-refractivity contribution in [1.29, 1.82) is 0 Å². The first-order valence-corrected chi connectivity index (χ1v) is 11.2. The zero-order valence-electron chi connectivity index (χ0n) is 18.8. The quantitative estimate of drug-likeness (QED) is 0.340. The fourth-order valence-electron chi connectivity index (χ4n) is 2.91. The summed E-state index contributed by atoms with van der Waals surface area (Å²) in [6.07, 6.45) is 12.2. The first-order chi connectivity index (χ1) is 15.5. The molecule has 0 unspecified atom stereocenters. The highest BCUT2D eigenvalue weighted by molar-refractivity contribution is 7.07. The highest BCUT2D eigenvalue weighted by atomic mass is 32.1. The predicted molar refractivity (Wildman–Crippen MR) is 136 cm³/mol. The Bertz CT molecular complexity index is 979. The number of aromatic amines is 1. The number of benzene rings is 1. The number of phenolic OH excluding ortho intramolecular Hbond substituents is 1. The van der Waals surface area contributed by atoms with Gasteiger partial charge in [-0.05, 0) is 67.0 Å². The van der Waals surface area contributed by atoms with Gasteiger partial charge in [-0.15, -0.1) is 19.4 Å². The van der Waals surface area contributed by atoms with Crippen molar-refractivity contribution in [2.45, 2.75) is 19.3 Å². The van der Waals surface area contributed by atoms with Crippen molar-refractivity contribution < 1.29 is 5.11 Å². The van der Waals surface area contributed by atoms with Crippen LogP contribution in [0.2, 0.25) is 0 Å². The van der Waals surface area contributed by atoms with Gasteiger partial charge < -0.3 is 15.3 Å². The van der Waals surface area contributed by atoms with Gasteiger partial charge in [-0.1, -0.05) is 18.2 Å². The van der Waals surface area contributed by atoms with E-state index in [1.807, 2.05) is 48.7 Å². The van der Waals surface area contributed by atoms with Crippen molar-refractivity contribution in [2.24, 2.45) is 0 Å². The Labute approximate surface area is 194 Å². The number of hydrogen-bond donors (Lipinski definition) is 3. The van der Waals surface area contributed by atoms with E-state index in [0.29, 0.717) is 18.9 Å². The highest BCUT2D eigenvalue weighted by Gasteiger charge is 2.10. The zero-order chi connectivity index (χ0) is 23.8. The number of aromatic hydroxyl groups is 1. The standard InChI is InChI=1S/C21H23N3O2S.C2H7N.C2H2/c1-2-10-24(11-3-4-16-5-7-19(25)8-6-16)21-22-18(14-20(26)23-21)13-17-9-12-27-15-17;1-3-2;1-2/h2,5-9,12,14-15,25H,1,3-4,10-11,13H2,(H,22,23,26);3H,1-2H3;1-2H. The van der Waals surface area contributed by atoms with Gasteiger partial charge in [0, 0.05) is 25.6 Å². The van der Waals surface area contributed by atoms with E-state index in [0.717, 1.165) is 30.6 Å². The molecule has 170 valence electrons. The van der Waals surface area contributed by atoms with E-state index < -0.39 is 0 Å². The zero-order valence-corrected chi connectivity index (χ0v) is 19.6. The minimum Gasteiger partial charge on any atom is -0.508 e. The van der Waals surface area contributed by atoms with E-state index in [2.05, 4.69) is 40.1 Å². The minimum atomic E-state index is -0.141. The second kappa shape index (κ2) is 15.5. The highest BCUT2D eigenvalue weighted by Crippen LogP contribution is 2.15. The molecule has 0 saturated carbocycles. The average molecular weight is 453 g/mol. The number of phenols is 1. The molecule has 0 saturated heterocycles. The molecular weight excluding hydrogens is 420 g/mol. The number of thiophene rings is 1. The Morgan fingerprint density at radius 1 is 1.22 bits per heavy atom. The third-order valence-corrected chi connectivity index (χ3v) is 4.96. The number of hydrogen-bond acceptors (Lipinski definition) is 6. The van der Waals surface area contributed by atoms with E-state index in [9.17, 15) is 9.90 Å². The molecule has 0 aliphatic carbocycles. The molecule has 32 heavy (non-hydrogen) atoms. The van der Waals surface area contributed by atoms with Crippen LogP contribution in [0, 0.1) is 12.8 Å². The largest absolute Gasteiger partial charge is 0.508 e. The van der Waals surface area contributed by atoms with Crippen molar-refractivity contribution in [3.05, 3.63) is 87.0 Å². The molecule has 6 nitrogen and oxygen atoms in total. The number of anilines is 1. The van der Waals surface area contributed by atoms with Crippen LogP contribution >= 0.6 is 11.3 Å². The number of aryl methyl sites for hydroxylation is 1. The second-order valence-electron chi connectivity index (χ2n) is 6.87.